The second-order valence-corrected chi connectivity index (χ2v) is 11.5. The number of fused-ring (bicyclic) bond motifs is 1. The fraction of sp³-hybridized carbons (Fsp3) is 0.379. The third-order valence-corrected chi connectivity index (χ3v) is 8.42. The Morgan fingerprint density at radius 2 is 1.60 bits per heavy atom. The largest absolute Gasteiger partial charge is 0.383 e. The molecule has 0 unspecified atom stereocenters. The van der Waals surface area contributed by atoms with Crippen molar-refractivity contribution in [1.29, 1.82) is 0 Å². The third kappa shape index (κ3) is 6.67. The maximum Gasteiger partial charge on any atom is 0.277 e. The molecule has 0 radical (unpaired) electrons. The van der Waals surface area contributed by atoms with Crippen molar-refractivity contribution in [3.05, 3.63) is 70.9 Å². The SMILES string of the molecule is CN1CCN(C2CCC(n3cc(-c4ccc(-c5ccccc5[N+](=O)[O-])c(F)c4)c4c(N)ncnc43)CC2)CC1.N[SH](=O)=O. The monoisotopic (exact) mass is 610 g/mol. The molecule has 2 aromatic heterocycles. The minimum Gasteiger partial charge on any atom is -0.383 e. The Bertz CT molecular complexity index is 1690. The molecule has 1 aliphatic carbocycles. The van der Waals surface area contributed by atoms with Crippen molar-refractivity contribution in [3.8, 4) is 22.3 Å². The first-order valence-electron chi connectivity index (χ1n) is 14.1. The van der Waals surface area contributed by atoms with Crippen molar-refractivity contribution >= 4 is 33.4 Å². The fourth-order valence-corrected chi connectivity index (χ4v) is 6.26. The normalized spacial score (nSPS) is 19.7. The number of nitrogen functional groups attached to an aromatic ring is 1. The number of nitro benzene ring substituents is 1. The molecule has 3 heterocycles. The molecule has 2 aliphatic rings. The van der Waals surface area contributed by atoms with Crippen LogP contribution >= 0.6 is 0 Å². The van der Waals surface area contributed by atoms with Gasteiger partial charge in [0.1, 0.15) is 23.6 Å². The highest BCUT2D eigenvalue weighted by Crippen LogP contribution is 2.40. The van der Waals surface area contributed by atoms with Gasteiger partial charge in [0.05, 0.1) is 15.9 Å². The van der Waals surface area contributed by atoms with Crippen LogP contribution in [0, 0.1) is 15.9 Å². The molecule has 4 N–H and O–H groups in total. The average Bonchev–Trinajstić information content (AvgIpc) is 3.38. The molecule has 0 bridgehead atoms. The van der Waals surface area contributed by atoms with Gasteiger partial charge in [-0.05, 0) is 50.4 Å². The number of para-hydroxylation sites is 1. The first-order chi connectivity index (χ1) is 20.6. The Kier molecular flexibility index (Phi) is 9.30. The highest BCUT2D eigenvalue weighted by Gasteiger charge is 2.30. The molecule has 6 rings (SSSR count). The summed E-state index contributed by atoms with van der Waals surface area (Å²) in [6, 6.07) is 11.9. The Morgan fingerprint density at radius 1 is 0.953 bits per heavy atom. The van der Waals surface area contributed by atoms with Crippen molar-refractivity contribution in [1.82, 2.24) is 24.3 Å². The topological polar surface area (TPSA) is 167 Å². The average molecular weight is 611 g/mol. The van der Waals surface area contributed by atoms with Crippen molar-refractivity contribution in [2.45, 2.75) is 37.8 Å². The minimum atomic E-state index is -2.62. The van der Waals surface area contributed by atoms with E-state index in [0.717, 1.165) is 63.1 Å². The molecule has 0 atom stereocenters. The van der Waals surface area contributed by atoms with Gasteiger partial charge in [0.25, 0.3) is 5.69 Å². The van der Waals surface area contributed by atoms with Crippen LogP contribution in [0.5, 0.6) is 0 Å². The van der Waals surface area contributed by atoms with E-state index in [2.05, 4.69) is 36.5 Å². The fourth-order valence-electron chi connectivity index (χ4n) is 6.26. The van der Waals surface area contributed by atoms with Gasteiger partial charge in [0.2, 0.25) is 0 Å². The van der Waals surface area contributed by atoms with Gasteiger partial charge in [0, 0.05) is 61.7 Å². The zero-order chi connectivity index (χ0) is 30.7. The Morgan fingerprint density at radius 3 is 2.26 bits per heavy atom. The van der Waals surface area contributed by atoms with Gasteiger partial charge in [0.15, 0.2) is 10.9 Å². The summed E-state index contributed by atoms with van der Waals surface area (Å²) in [4.78, 5) is 24.8. The number of likely N-dealkylation sites (N-methyl/N-ethyl adjacent to an activating group) is 1. The number of thiol groups is 1. The zero-order valence-electron chi connectivity index (χ0n) is 23.8. The van der Waals surface area contributed by atoms with E-state index < -0.39 is 21.6 Å². The highest BCUT2D eigenvalue weighted by atomic mass is 32.2. The van der Waals surface area contributed by atoms with Crippen LogP contribution in [0.4, 0.5) is 15.9 Å². The van der Waals surface area contributed by atoms with E-state index in [9.17, 15) is 10.1 Å². The van der Waals surface area contributed by atoms with Crippen LogP contribution in [-0.2, 0) is 10.9 Å². The van der Waals surface area contributed by atoms with Crippen molar-refractivity contribution in [2.24, 2.45) is 5.14 Å². The van der Waals surface area contributed by atoms with E-state index in [-0.39, 0.29) is 22.9 Å². The first kappa shape index (κ1) is 30.5. The van der Waals surface area contributed by atoms with E-state index >= 15 is 4.39 Å². The second-order valence-electron chi connectivity index (χ2n) is 11.0. The van der Waals surface area contributed by atoms with Gasteiger partial charge in [-0.3, -0.25) is 15.0 Å². The standard InChI is InChI=1S/C29H32FN7O2.H3NO2S/c1-34-12-14-35(15-13-34)20-7-9-21(10-8-20)36-17-24(27-28(31)32-18-33-29(27)36)19-6-11-22(25(30)16-19)23-4-2-3-5-26(23)37(38)39;1-4(2)3/h2-6,11,16-18,20-21H,7-10,12-15H2,1H3,(H2,31,32,33);4H,(H2,1,2,3). The quantitative estimate of drug-likeness (QED) is 0.174. The summed E-state index contributed by atoms with van der Waals surface area (Å²) < 4.78 is 35.3. The van der Waals surface area contributed by atoms with Crippen LogP contribution < -0.4 is 10.9 Å². The second kappa shape index (κ2) is 13.1. The van der Waals surface area contributed by atoms with Crippen LogP contribution in [0.15, 0.2) is 55.0 Å². The molecule has 0 amide bonds. The minimum absolute atomic E-state index is 0.134. The molecule has 2 fully saturated rings. The maximum absolute atomic E-state index is 15.5. The van der Waals surface area contributed by atoms with Crippen LogP contribution in [-0.4, -0.2) is 76.9 Å². The Hall–Kier alpha value is -3.98. The molecule has 0 spiro atoms. The molecule has 1 saturated heterocycles. The molecule has 43 heavy (non-hydrogen) atoms. The van der Waals surface area contributed by atoms with Gasteiger partial charge in [-0.15, -0.1) is 0 Å². The third-order valence-electron chi connectivity index (χ3n) is 8.42. The lowest BCUT2D eigenvalue weighted by Gasteiger charge is -2.41. The van der Waals surface area contributed by atoms with Gasteiger partial charge in [-0.25, -0.2) is 27.9 Å². The summed E-state index contributed by atoms with van der Waals surface area (Å²) in [5.41, 5.74) is 8.77. The number of hydrogen-bond donors (Lipinski definition) is 3. The van der Waals surface area contributed by atoms with Crippen molar-refractivity contribution in [2.75, 3.05) is 39.0 Å². The summed E-state index contributed by atoms with van der Waals surface area (Å²) in [6.45, 7) is 4.49. The van der Waals surface area contributed by atoms with E-state index in [1.165, 1.54) is 18.5 Å². The number of rotatable bonds is 5. The van der Waals surface area contributed by atoms with Crippen LogP contribution in [0.3, 0.4) is 0 Å². The van der Waals surface area contributed by atoms with Gasteiger partial charge < -0.3 is 15.2 Å². The van der Waals surface area contributed by atoms with Crippen LogP contribution in [0.25, 0.3) is 33.3 Å². The summed E-state index contributed by atoms with van der Waals surface area (Å²) in [6.07, 6.45) is 7.83. The molecule has 1 aliphatic heterocycles. The van der Waals surface area contributed by atoms with Crippen LogP contribution in [0.1, 0.15) is 31.7 Å². The van der Waals surface area contributed by atoms with E-state index in [1.54, 1.807) is 30.3 Å². The first-order valence-corrected chi connectivity index (χ1v) is 15.3. The van der Waals surface area contributed by atoms with Gasteiger partial charge >= 0.3 is 0 Å². The summed E-state index contributed by atoms with van der Waals surface area (Å²) in [5, 5.41) is 16.3. The number of nitro groups is 1. The summed E-state index contributed by atoms with van der Waals surface area (Å²) >= 11 is 0. The van der Waals surface area contributed by atoms with Crippen molar-refractivity contribution in [3.63, 3.8) is 0 Å². The van der Waals surface area contributed by atoms with E-state index in [0.29, 0.717) is 22.8 Å². The molecular weight excluding hydrogens is 575 g/mol. The summed E-state index contributed by atoms with van der Waals surface area (Å²) in [7, 11) is -0.438. The van der Waals surface area contributed by atoms with E-state index in [1.807, 2.05) is 6.20 Å². The molecule has 4 aromatic rings. The maximum atomic E-state index is 15.5. The van der Waals surface area contributed by atoms with Crippen LogP contribution in [0.2, 0.25) is 0 Å². The number of piperazine rings is 1. The number of halogens is 1. The van der Waals surface area contributed by atoms with Gasteiger partial charge in [-0.1, -0.05) is 24.3 Å². The number of aromatic nitrogens is 3. The predicted molar refractivity (Wildman–Crippen MR) is 164 cm³/mol. The highest BCUT2D eigenvalue weighted by molar-refractivity contribution is 7.69. The zero-order valence-corrected chi connectivity index (χ0v) is 24.7. The molecule has 228 valence electrons. The number of anilines is 1. The number of nitrogens with two attached hydrogens (primary N) is 2. The lowest BCUT2D eigenvalue weighted by atomic mass is 9.89. The van der Waals surface area contributed by atoms with E-state index in [4.69, 9.17) is 14.2 Å². The molecule has 1 saturated carbocycles. The molecular formula is C29H35FN8O4S. The molecule has 12 nitrogen and oxygen atoms in total. The number of benzene rings is 2. The Balaban J connectivity index is 0.000000868. The smallest absolute Gasteiger partial charge is 0.277 e. The predicted octanol–water partition coefficient (Wildman–Crippen LogP) is 3.60. The lowest BCUT2D eigenvalue weighted by Crippen LogP contribution is -2.49. The Labute approximate surface area is 250 Å². The molecule has 2 aromatic carbocycles. The van der Waals surface area contributed by atoms with Crippen molar-refractivity contribution < 1.29 is 17.7 Å². The number of nitrogens with zero attached hydrogens (tertiary/aromatic N) is 6. The lowest BCUT2D eigenvalue weighted by molar-refractivity contribution is -0.384. The number of hydrogen-bond acceptors (Lipinski definition) is 9. The summed E-state index contributed by atoms with van der Waals surface area (Å²) in [5.74, 6) is -0.186. The molecule has 14 heteroatoms. The van der Waals surface area contributed by atoms with Gasteiger partial charge in [-0.2, -0.15) is 0 Å².